The Labute approximate surface area is 89.2 Å². The summed E-state index contributed by atoms with van der Waals surface area (Å²) in [4.78, 5) is 15.0. The summed E-state index contributed by atoms with van der Waals surface area (Å²) in [6.07, 6.45) is -0.427. The fourth-order valence-electron chi connectivity index (χ4n) is 1.58. The van der Waals surface area contributed by atoms with Gasteiger partial charge >= 0.3 is 0 Å². The van der Waals surface area contributed by atoms with Gasteiger partial charge in [0.1, 0.15) is 0 Å². The molecule has 15 heavy (non-hydrogen) atoms. The first-order valence-corrected chi connectivity index (χ1v) is 5.05. The van der Waals surface area contributed by atoms with Crippen LogP contribution in [0, 0.1) is 5.41 Å². The number of carbonyl (C=O) groups is 1. The Morgan fingerprint density at radius 2 is 1.87 bits per heavy atom. The highest BCUT2D eigenvalue weighted by Crippen LogP contribution is 2.04. The van der Waals surface area contributed by atoms with Crippen molar-refractivity contribution >= 4 is 11.9 Å². The van der Waals surface area contributed by atoms with E-state index in [2.05, 4.69) is 0 Å². The molecular formula is C9H18N4O2. The molecular weight excluding hydrogens is 196 g/mol. The van der Waals surface area contributed by atoms with E-state index in [-0.39, 0.29) is 18.3 Å². The molecule has 1 rings (SSSR count). The molecule has 0 spiro atoms. The van der Waals surface area contributed by atoms with Gasteiger partial charge in [-0.25, -0.2) is 0 Å². The molecule has 6 nitrogen and oxygen atoms in total. The van der Waals surface area contributed by atoms with Crippen LogP contribution in [0.5, 0.6) is 0 Å². The Morgan fingerprint density at radius 3 is 2.27 bits per heavy atom. The van der Waals surface area contributed by atoms with Gasteiger partial charge in [-0.1, -0.05) is 0 Å². The number of carbonyl (C=O) groups excluding carboxylic acids is 1. The maximum absolute atomic E-state index is 11.5. The number of piperazine rings is 1. The maximum Gasteiger partial charge on any atom is 0.225 e. The zero-order chi connectivity index (χ0) is 11.4. The molecule has 0 radical (unpaired) electrons. The number of aliphatic hydroxyl groups excluding tert-OH is 1. The molecule has 6 heteroatoms. The van der Waals surface area contributed by atoms with Gasteiger partial charge in [0.05, 0.1) is 12.5 Å². The van der Waals surface area contributed by atoms with E-state index in [1.165, 1.54) is 0 Å². The summed E-state index contributed by atoms with van der Waals surface area (Å²) in [5.74, 6) is 0.0193. The summed E-state index contributed by atoms with van der Waals surface area (Å²) in [7, 11) is 0. The van der Waals surface area contributed by atoms with Crippen molar-refractivity contribution in [2.75, 3.05) is 26.2 Å². The fraction of sp³-hybridized carbons (Fsp3) is 0.778. The normalized spacial score (nSPS) is 18.8. The SMILES string of the molecule is CC(O)CC(=O)N1CCN(C(=N)N)CC1. The van der Waals surface area contributed by atoms with E-state index in [4.69, 9.17) is 16.2 Å². The molecule has 1 amide bonds. The van der Waals surface area contributed by atoms with E-state index in [1.807, 2.05) is 0 Å². The quantitative estimate of drug-likeness (QED) is 0.397. The van der Waals surface area contributed by atoms with Gasteiger partial charge in [-0.05, 0) is 6.92 Å². The third kappa shape index (κ3) is 3.39. The van der Waals surface area contributed by atoms with Crippen molar-refractivity contribution in [3.05, 3.63) is 0 Å². The second kappa shape index (κ2) is 4.97. The number of hydrogen-bond acceptors (Lipinski definition) is 3. The number of aliphatic hydroxyl groups is 1. The third-order valence-corrected chi connectivity index (χ3v) is 2.44. The van der Waals surface area contributed by atoms with Gasteiger partial charge in [0, 0.05) is 26.2 Å². The first-order valence-electron chi connectivity index (χ1n) is 5.05. The van der Waals surface area contributed by atoms with Crippen LogP contribution in [0.4, 0.5) is 0 Å². The van der Waals surface area contributed by atoms with E-state index in [0.717, 1.165) is 0 Å². The van der Waals surface area contributed by atoms with E-state index >= 15 is 0 Å². The number of rotatable bonds is 2. The van der Waals surface area contributed by atoms with Crippen molar-refractivity contribution in [2.45, 2.75) is 19.4 Å². The lowest BCUT2D eigenvalue weighted by Crippen LogP contribution is -2.52. The highest BCUT2D eigenvalue weighted by Gasteiger charge is 2.22. The predicted molar refractivity (Wildman–Crippen MR) is 56.4 cm³/mol. The molecule has 1 aliphatic heterocycles. The number of guanidine groups is 1. The molecule has 0 saturated carbocycles. The first kappa shape index (κ1) is 11.8. The summed E-state index contributed by atoms with van der Waals surface area (Å²) in [5, 5.41) is 16.3. The van der Waals surface area contributed by atoms with Crippen LogP contribution in [0.1, 0.15) is 13.3 Å². The lowest BCUT2D eigenvalue weighted by atomic mass is 10.2. The molecule has 0 bridgehead atoms. The number of hydrogen-bond donors (Lipinski definition) is 3. The highest BCUT2D eigenvalue weighted by atomic mass is 16.3. The van der Waals surface area contributed by atoms with Crippen molar-refractivity contribution in [1.29, 1.82) is 5.41 Å². The topological polar surface area (TPSA) is 93.6 Å². The van der Waals surface area contributed by atoms with Gasteiger partial charge in [-0.2, -0.15) is 0 Å². The van der Waals surface area contributed by atoms with Crippen LogP contribution < -0.4 is 5.73 Å². The lowest BCUT2D eigenvalue weighted by Gasteiger charge is -2.35. The molecule has 1 atom stereocenters. The zero-order valence-corrected chi connectivity index (χ0v) is 8.94. The van der Waals surface area contributed by atoms with Gasteiger partial charge in [0.2, 0.25) is 5.91 Å². The molecule has 0 aliphatic carbocycles. The van der Waals surface area contributed by atoms with Gasteiger partial charge in [0.25, 0.3) is 0 Å². The second-order valence-corrected chi connectivity index (χ2v) is 3.81. The summed E-state index contributed by atoms with van der Waals surface area (Å²) < 4.78 is 0. The van der Waals surface area contributed by atoms with Crippen LogP contribution in [-0.4, -0.2) is 59.1 Å². The van der Waals surface area contributed by atoms with Crippen LogP contribution in [0.2, 0.25) is 0 Å². The average Bonchev–Trinajstić information content (AvgIpc) is 2.17. The third-order valence-electron chi connectivity index (χ3n) is 2.44. The average molecular weight is 214 g/mol. The van der Waals surface area contributed by atoms with Crippen molar-refractivity contribution in [2.24, 2.45) is 5.73 Å². The highest BCUT2D eigenvalue weighted by molar-refractivity contribution is 5.78. The Bertz CT molecular complexity index is 246. The molecule has 0 aromatic rings. The van der Waals surface area contributed by atoms with Crippen LogP contribution in [-0.2, 0) is 4.79 Å². The molecule has 1 heterocycles. The molecule has 1 unspecified atom stereocenters. The van der Waals surface area contributed by atoms with E-state index in [1.54, 1.807) is 16.7 Å². The van der Waals surface area contributed by atoms with E-state index < -0.39 is 6.10 Å². The Balaban J connectivity index is 2.37. The molecule has 1 saturated heterocycles. The van der Waals surface area contributed by atoms with Crippen molar-refractivity contribution in [1.82, 2.24) is 9.80 Å². The van der Waals surface area contributed by atoms with Crippen molar-refractivity contribution in [3.8, 4) is 0 Å². The minimum absolute atomic E-state index is 0.0341. The van der Waals surface area contributed by atoms with Gasteiger partial charge in [-0.15, -0.1) is 0 Å². The second-order valence-electron chi connectivity index (χ2n) is 3.81. The maximum atomic E-state index is 11.5. The standard InChI is InChI=1S/C9H18N4O2/c1-7(14)6-8(15)12-2-4-13(5-3-12)9(10)11/h7,14H,2-6H2,1H3,(H3,10,11). The van der Waals surface area contributed by atoms with Gasteiger partial charge in [-0.3, -0.25) is 10.2 Å². The molecule has 4 N–H and O–H groups in total. The molecule has 1 aliphatic rings. The monoisotopic (exact) mass is 214 g/mol. The van der Waals surface area contributed by atoms with Crippen molar-refractivity contribution in [3.63, 3.8) is 0 Å². The first-order chi connectivity index (χ1) is 7.00. The number of nitrogens with one attached hydrogen (secondary N) is 1. The fourth-order valence-corrected chi connectivity index (χ4v) is 1.58. The van der Waals surface area contributed by atoms with Crippen LogP contribution in [0.15, 0.2) is 0 Å². The van der Waals surface area contributed by atoms with Crippen LogP contribution in [0.25, 0.3) is 0 Å². The van der Waals surface area contributed by atoms with Crippen LogP contribution in [0.3, 0.4) is 0 Å². The zero-order valence-electron chi connectivity index (χ0n) is 8.94. The summed E-state index contributed by atoms with van der Waals surface area (Å²) in [6, 6.07) is 0. The largest absolute Gasteiger partial charge is 0.393 e. The van der Waals surface area contributed by atoms with E-state index in [0.29, 0.717) is 26.2 Å². The Kier molecular flexibility index (Phi) is 3.90. The predicted octanol–water partition coefficient (Wildman–Crippen LogP) is -1.21. The lowest BCUT2D eigenvalue weighted by molar-refractivity contribution is -0.134. The van der Waals surface area contributed by atoms with Gasteiger partial charge in [0.15, 0.2) is 5.96 Å². The summed E-state index contributed by atoms with van der Waals surface area (Å²) in [5.41, 5.74) is 5.34. The smallest absolute Gasteiger partial charge is 0.225 e. The molecule has 1 fully saturated rings. The Morgan fingerprint density at radius 1 is 1.40 bits per heavy atom. The summed E-state index contributed by atoms with van der Waals surface area (Å²) >= 11 is 0. The molecule has 86 valence electrons. The van der Waals surface area contributed by atoms with Gasteiger partial charge < -0.3 is 20.6 Å². The number of nitrogens with two attached hydrogens (primary N) is 1. The minimum Gasteiger partial charge on any atom is -0.393 e. The number of amides is 1. The Hall–Kier alpha value is -1.30. The van der Waals surface area contributed by atoms with E-state index in [9.17, 15) is 4.79 Å². The van der Waals surface area contributed by atoms with Crippen molar-refractivity contribution < 1.29 is 9.90 Å². The summed E-state index contributed by atoms with van der Waals surface area (Å²) in [6.45, 7) is 3.95. The minimum atomic E-state index is -0.594. The molecule has 0 aromatic carbocycles. The van der Waals surface area contributed by atoms with Crippen LogP contribution >= 0.6 is 0 Å². The number of nitrogens with zero attached hydrogens (tertiary/aromatic N) is 2. The molecule has 0 aromatic heterocycles.